The number of aryl methyl sites for hydroxylation is 1. The summed E-state index contributed by atoms with van der Waals surface area (Å²) in [6.07, 6.45) is 1.12. The lowest BCUT2D eigenvalue weighted by molar-refractivity contribution is 0.405. The van der Waals surface area contributed by atoms with Crippen molar-refractivity contribution >= 4 is 5.69 Å². The van der Waals surface area contributed by atoms with Gasteiger partial charge in [0.25, 0.3) is 0 Å². The molecule has 3 heteroatoms. The molecule has 1 rings (SSSR count). The molecule has 0 fully saturated rings. The van der Waals surface area contributed by atoms with Crippen LogP contribution in [0.4, 0.5) is 5.69 Å². The highest BCUT2D eigenvalue weighted by molar-refractivity contribution is 5.53. The van der Waals surface area contributed by atoms with E-state index in [-0.39, 0.29) is 0 Å². The van der Waals surface area contributed by atoms with Gasteiger partial charge in [-0.25, -0.2) is 0 Å². The summed E-state index contributed by atoms with van der Waals surface area (Å²) < 4.78 is 0. The van der Waals surface area contributed by atoms with Gasteiger partial charge in [-0.1, -0.05) is 0 Å². The molecule has 0 saturated heterocycles. The van der Waals surface area contributed by atoms with Crippen molar-refractivity contribution in [3.05, 3.63) is 29.3 Å². The van der Waals surface area contributed by atoms with Gasteiger partial charge in [-0.15, -0.1) is 0 Å². The van der Waals surface area contributed by atoms with E-state index in [1.165, 1.54) is 0 Å². The van der Waals surface area contributed by atoms with E-state index in [1.54, 1.807) is 0 Å². The second-order valence-corrected chi connectivity index (χ2v) is 4.23. The molecule has 0 spiro atoms. The van der Waals surface area contributed by atoms with Crippen LogP contribution in [0.5, 0.6) is 0 Å². The first-order chi connectivity index (χ1) is 7.63. The number of nitriles is 1. The van der Waals surface area contributed by atoms with Crippen LogP contribution in [0.25, 0.3) is 0 Å². The lowest BCUT2D eigenvalue weighted by Gasteiger charge is -2.12. The Kier molecular flexibility index (Phi) is 4.81. The molecule has 1 aromatic rings. The number of hydrogen-bond acceptors (Lipinski definition) is 3. The Morgan fingerprint density at radius 3 is 2.69 bits per heavy atom. The van der Waals surface area contributed by atoms with Crippen LogP contribution >= 0.6 is 0 Å². The van der Waals surface area contributed by atoms with E-state index in [2.05, 4.69) is 30.4 Å². The first-order valence-corrected chi connectivity index (χ1v) is 5.53. The van der Waals surface area contributed by atoms with Crippen molar-refractivity contribution in [1.29, 1.82) is 5.26 Å². The van der Waals surface area contributed by atoms with E-state index >= 15 is 0 Å². The smallest absolute Gasteiger partial charge is 0.0991 e. The van der Waals surface area contributed by atoms with E-state index in [4.69, 9.17) is 5.26 Å². The number of anilines is 1. The maximum Gasteiger partial charge on any atom is 0.0991 e. The molecule has 0 atom stereocenters. The van der Waals surface area contributed by atoms with Crippen molar-refractivity contribution in [3.8, 4) is 6.07 Å². The van der Waals surface area contributed by atoms with Crippen molar-refractivity contribution in [2.45, 2.75) is 13.3 Å². The number of hydrogen-bond donors (Lipinski definition) is 1. The maximum atomic E-state index is 8.75. The van der Waals surface area contributed by atoms with Crippen LogP contribution in [-0.2, 0) is 0 Å². The summed E-state index contributed by atoms with van der Waals surface area (Å²) in [5, 5.41) is 12.1. The summed E-state index contributed by atoms with van der Waals surface area (Å²) in [6.45, 7) is 4.07. The zero-order valence-electron chi connectivity index (χ0n) is 10.2. The summed E-state index contributed by atoms with van der Waals surface area (Å²) in [5.74, 6) is 0. The van der Waals surface area contributed by atoms with E-state index in [9.17, 15) is 0 Å². The predicted octanol–water partition coefficient (Wildman–Crippen LogP) is 2.23. The molecule has 0 saturated carbocycles. The van der Waals surface area contributed by atoms with Gasteiger partial charge in [0, 0.05) is 12.2 Å². The minimum absolute atomic E-state index is 0.719. The standard InChI is InChI=1S/C13H19N3/c1-11-9-12(10-14)5-6-13(11)15-7-4-8-16(2)3/h5-6,9,15H,4,7-8H2,1-3H3. The zero-order chi connectivity index (χ0) is 12.0. The summed E-state index contributed by atoms with van der Waals surface area (Å²) >= 11 is 0. The van der Waals surface area contributed by atoms with Gasteiger partial charge >= 0.3 is 0 Å². The van der Waals surface area contributed by atoms with Crippen LogP contribution in [0.15, 0.2) is 18.2 Å². The molecule has 0 aliphatic rings. The monoisotopic (exact) mass is 217 g/mol. The molecule has 3 nitrogen and oxygen atoms in total. The van der Waals surface area contributed by atoms with E-state index in [1.807, 2.05) is 25.1 Å². The van der Waals surface area contributed by atoms with Crippen molar-refractivity contribution < 1.29 is 0 Å². The number of rotatable bonds is 5. The minimum Gasteiger partial charge on any atom is -0.385 e. The molecule has 0 unspecified atom stereocenters. The van der Waals surface area contributed by atoms with Gasteiger partial charge in [0.2, 0.25) is 0 Å². The molecule has 0 heterocycles. The molecule has 1 N–H and O–H groups in total. The summed E-state index contributed by atoms with van der Waals surface area (Å²) in [6, 6.07) is 7.88. The van der Waals surface area contributed by atoms with Crippen molar-refractivity contribution in [2.75, 3.05) is 32.5 Å². The number of benzene rings is 1. The van der Waals surface area contributed by atoms with Gasteiger partial charge in [-0.05, 0) is 57.7 Å². The van der Waals surface area contributed by atoms with Crippen LogP contribution in [0, 0.1) is 18.3 Å². The third-order valence-electron chi connectivity index (χ3n) is 2.45. The van der Waals surface area contributed by atoms with Crippen LogP contribution in [0.1, 0.15) is 17.5 Å². The summed E-state index contributed by atoms with van der Waals surface area (Å²) in [4.78, 5) is 2.17. The minimum atomic E-state index is 0.719. The van der Waals surface area contributed by atoms with Gasteiger partial charge in [-0.3, -0.25) is 0 Å². The summed E-state index contributed by atoms with van der Waals surface area (Å²) in [5.41, 5.74) is 2.97. The van der Waals surface area contributed by atoms with Gasteiger partial charge in [-0.2, -0.15) is 5.26 Å². The molecule has 0 bridgehead atoms. The molecule has 0 amide bonds. The Morgan fingerprint density at radius 1 is 1.38 bits per heavy atom. The molecule has 86 valence electrons. The summed E-state index contributed by atoms with van der Waals surface area (Å²) in [7, 11) is 4.15. The van der Waals surface area contributed by atoms with Gasteiger partial charge < -0.3 is 10.2 Å². The van der Waals surface area contributed by atoms with Crippen LogP contribution < -0.4 is 5.32 Å². The Labute approximate surface area is 97.7 Å². The van der Waals surface area contributed by atoms with E-state index < -0.39 is 0 Å². The Bertz CT molecular complexity index is 377. The molecule has 0 aromatic heterocycles. The topological polar surface area (TPSA) is 39.1 Å². The first-order valence-electron chi connectivity index (χ1n) is 5.53. The normalized spacial score (nSPS) is 10.2. The third kappa shape index (κ3) is 3.92. The van der Waals surface area contributed by atoms with Crippen molar-refractivity contribution in [1.82, 2.24) is 4.90 Å². The Hall–Kier alpha value is -1.53. The Morgan fingerprint density at radius 2 is 2.12 bits per heavy atom. The highest BCUT2D eigenvalue weighted by Gasteiger charge is 1.99. The molecule has 16 heavy (non-hydrogen) atoms. The highest BCUT2D eigenvalue weighted by atomic mass is 15.1. The zero-order valence-corrected chi connectivity index (χ0v) is 10.2. The maximum absolute atomic E-state index is 8.75. The SMILES string of the molecule is Cc1cc(C#N)ccc1NCCCN(C)C. The second kappa shape index (κ2) is 6.14. The van der Waals surface area contributed by atoms with E-state index in [0.29, 0.717) is 0 Å². The number of nitrogens with zero attached hydrogens (tertiary/aromatic N) is 2. The van der Waals surface area contributed by atoms with Crippen molar-refractivity contribution in [3.63, 3.8) is 0 Å². The molecule has 0 aliphatic carbocycles. The van der Waals surface area contributed by atoms with Gasteiger partial charge in [0.1, 0.15) is 0 Å². The van der Waals surface area contributed by atoms with Gasteiger partial charge in [0.15, 0.2) is 0 Å². The Balaban J connectivity index is 2.46. The molecule has 0 aliphatic heterocycles. The average molecular weight is 217 g/mol. The fraction of sp³-hybridized carbons (Fsp3) is 0.462. The van der Waals surface area contributed by atoms with Gasteiger partial charge in [0.05, 0.1) is 11.6 Å². The molecular weight excluding hydrogens is 198 g/mol. The third-order valence-corrected chi connectivity index (χ3v) is 2.45. The first kappa shape index (κ1) is 12.5. The predicted molar refractivity (Wildman–Crippen MR) is 67.6 cm³/mol. The lowest BCUT2D eigenvalue weighted by atomic mass is 10.1. The van der Waals surface area contributed by atoms with Crippen LogP contribution in [-0.4, -0.2) is 32.1 Å². The largest absolute Gasteiger partial charge is 0.385 e. The number of nitrogens with one attached hydrogen (secondary N) is 1. The molecule has 0 radical (unpaired) electrons. The van der Waals surface area contributed by atoms with Crippen LogP contribution in [0.3, 0.4) is 0 Å². The highest BCUT2D eigenvalue weighted by Crippen LogP contribution is 2.15. The molecular formula is C13H19N3. The van der Waals surface area contributed by atoms with E-state index in [0.717, 1.165) is 36.3 Å². The molecule has 1 aromatic carbocycles. The van der Waals surface area contributed by atoms with Crippen molar-refractivity contribution in [2.24, 2.45) is 0 Å². The second-order valence-electron chi connectivity index (χ2n) is 4.23. The fourth-order valence-electron chi connectivity index (χ4n) is 1.55. The lowest BCUT2D eigenvalue weighted by Crippen LogP contribution is -2.16. The average Bonchev–Trinajstić information content (AvgIpc) is 2.25. The fourth-order valence-corrected chi connectivity index (χ4v) is 1.55. The quantitative estimate of drug-likeness (QED) is 0.769. The van der Waals surface area contributed by atoms with Crippen LogP contribution in [0.2, 0.25) is 0 Å².